The van der Waals surface area contributed by atoms with Gasteiger partial charge in [0.25, 0.3) is 5.91 Å². The number of amides is 2. The monoisotopic (exact) mass is 428 g/mol. The smallest absolute Gasteiger partial charge is 0.436 e. The minimum atomic E-state index is -0.859. The lowest BCUT2D eigenvalue weighted by Crippen LogP contribution is -2.44. The molecule has 1 aliphatic rings. The molecule has 0 fully saturated rings. The third-order valence-electron chi connectivity index (χ3n) is 4.88. The Kier molecular flexibility index (Phi) is 5.80. The van der Waals surface area contributed by atoms with Gasteiger partial charge < -0.3 is 14.8 Å². The number of rotatable bonds is 3. The molecule has 0 spiro atoms. The van der Waals surface area contributed by atoms with Crippen LogP contribution in [0.25, 0.3) is 0 Å². The molecule has 3 rings (SSSR count). The fraction of sp³-hybridized carbons (Fsp3) is 0.455. The van der Waals surface area contributed by atoms with Crippen molar-refractivity contribution in [3.8, 4) is 0 Å². The lowest BCUT2D eigenvalue weighted by atomic mass is 10.0. The second kappa shape index (κ2) is 8.05. The highest BCUT2D eigenvalue weighted by Crippen LogP contribution is 2.42. The maximum Gasteiger partial charge on any atom is 0.436 e. The van der Waals surface area contributed by atoms with Crippen LogP contribution >= 0.6 is 0 Å². The molecule has 2 aromatic rings. The zero-order chi connectivity index (χ0) is 23.0. The Hall–Kier alpha value is -3.36. The molecule has 1 aromatic heterocycles. The Morgan fingerprint density at radius 1 is 1.13 bits per heavy atom. The molecule has 2 amide bonds. The summed E-state index contributed by atoms with van der Waals surface area (Å²) in [5, 5.41) is 7.19. The molecule has 166 valence electrons. The van der Waals surface area contributed by atoms with E-state index in [1.165, 1.54) is 4.90 Å². The quantitative estimate of drug-likeness (QED) is 0.789. The highest BCUT2D eigenvalue weighted by molar-refractivity contribution is 6.05. The number of benzene rings is 1. The number of fused-ring (bicyclic) bond motifs is 1. The number of carbonyl (C=O) groups is 3. The molecule has 0 radical (unpaired) electrons. The van der Waals surface area contributed by atoms with E-state index in [1.54, 1.807) is 58.0 Å². The molecular weight excluding hydrogens is 400 g/mol. The third kappa shape index (κ3) is 4.40. The Morgan fingerprint density at radius 3 is 2.35 bits per heavy atom. The first-order valence-electron chi connectivity index (χ1n) is 10.1. The number of ether oxygens (including phenoxy) is 2. The summed E-state index contributed by atoms with van der Waals surface area (Å²) in [5.41, 5.74) is -0.0404. The van der Waals surface area contributed by atoms with Crippen LogP contribution < -0.4 is 5.32 Å². The van der Waals surface area contributed by atoms with Crippen molar-refractivity contribution in [3.63, 3.8) is 0 Å². The predicted molar refractivity (Wildman–Crippen MR) is 114 cm³/mol. The van der Waals surface area contributed by atoms with E-state index in [4.69, 9.17) is 9.47 Å². The minimum absolute atomic E-state index is 0.126. The van der Waals surface area contributed by atoms with Crippen LogP contribution in [0.3, 0.4) is 0 Å². The number of hydrogen-bond acceptors (Lipinski definition) is 6. The van der Waals surface area contributed by atoms with Gasteiger partial charge in [-0.05, 0) is 53.7 Å². The van der Waals surface area contributed by atoms with Gasteiger partial charge >= 0.3 is 12.2 Å². The molecule has 0 saturated heterocycles. The lowest BCUT2D eigenvalue weighted by Gasteiger charge is -2.33. The van der Waals surface area contributed by atoms with Gasteiger partial charge in [0.05, 0.1) is 24.4 Å². The van der Waals surface area contributed by atoms with Crippen LogP contribution in [-0.4, -0.2) is 45.0 Å². The molecule has 31 heavy (non-hydrogen) atoms. The Bertz CT molecular complexity index is 1000. The highest BCUT2D eigenvalue weighted by Gasteiger charge is 2.47. The minimum Gasteiger partial charge on any atom is -0.448 e. The van der Waals surface area contributed by atoms with Crippen molar-refractivity contribution in [2.75, 3.05) is 11.9 Å². The molecule has 9 nitrogen and oxygen atoms in total. The van der Waals surface area contributed by atoms with Crippen molar-refractivity contribution in [1.82, 2.24) is 14.7 Å². The Balaban J connectivity index is 2.01. The summed E-state index contributed by atoms with van der Waals surface area (Å²) >= 11 is 0. The lowest BCUT2D eigenvalue weighted by molar-refractivity contribution is 0.00442. The summed E-state index contributed by atoms with van der Waals surface area (Å²) in [4.78, 5) is 39.7. The van der Waals surface area contributed by atoms with Crippen molar-refractivity contribution in [3.05, 3.63) is 47.2 Å². The fourth-order valence-electron chi connectivity index (χ4n) is 3.40. The normalized spacial score (nSPS) is 14.7. The van der Waals surface area contributed by atoms with Gasteiger partial charge in [0, 0.05) is 11.1 Å². The average Bonchev–Trinajstić information content (AvgIpc) is 3.16. The Labute approximate surface area is 181 Å². The van der Waals surface area contributed by atoms with E-state index in [-0.39, 0.29) is 19.0 Å². The first-order chi connectivity index (χ1) is 14.5. The van der Waals surface area contributed by atoms with Crippen LogP contribution in [0.5, 0.6) is 0 Å². The number of aromatic nitrogens is 2. The van der Waals surface area contributed by atoms with E-state index in [0.29, 0.717) is 16.8 Å². The summed E-state index contributed by atoms with van der Waals surface area (Å²) in [6.45, 7) is 11.0. The van der Waals surface area contributed by atoms with Crippen molar-refractivity contribution in [1.29, 1.82) is 0 Å². The van der Waals surface area contributed by atoms with Gasteiger partial charge in [0.15, 0.2) is 0 Å². The first kappa shape index (κ1) is 22.3. The van der Waals surface area contributed by atoms with Crippen LogP contribution in [0, 0.1) is 0 Å². The third-order valence-corrected chi connectivity index (χ3v) is 4.88. The molecule has 1 N–H and O–H groups in total. The van der Waals surface area contributed by atoms with Crippen LogP contribution in [-0.2, 0) is 21.6 Å². The van der Waals surface area contributed by atoms with Gasteiger partial charge in [-0.25, -0.2) is 9.59 Å². The number of nitrogens with one attached hydrogen (secondary N) is 1. The molecule has 0 bridgehead atoms. The average molecular weight is 428 g/mol. The van der Waals surface area contributed by atoms with Gasteiger partial charge in [0.2, 0.25) is 0 Å². The van der Waals surface area contributed by atoms with Crippen molar-refractivity contribution < 1.29 is 23.9 Å². The molecule has 0 aliphatic carbocycles. The van der Waals surface area contributed by atoms with Crippen LogP contribution in [0.15, 0.2) is 30.3 Å². The molecule has 9 heteroatoms. The summed E-state index contributed by atoms with van der Waals surface area (Å²) in [7, 11) is 0. The van der Waals surface area contributed by atoms with E-state index in [0.717, 1.165) is 4.68 Å². The van der Waals surface area contributed by atoms with Gasteiger partial charge in [-0.15, -0.1) is 4.68 Å². The number of nitrogens with zero attached hydrogens (tertiary/aromatic N) is 3. The van der Waals surface area contributed by atoms with Gasteiger partial charge in [-0.1, -0.05) is 18.2 Å². The van der Waals surface area contributed by atoms with E-state index < -0.39 is 29.2 Å². The zero-order valence-electron chi connectivity index (χ0n) is 18.7. The number of hydrogen-bond donors (Lipinski definition) is 1. The summed E-state index contributed by atoms with van der Waals surface area (Å²) in [6.07, 6.45) is -1.21. The molecule has 0 unspecified atom stereocenters. The topological polar surface area (TPSA) is 103 Å². The summed E-state index contributed by atoms with van der Waals surface area (Å²) in [6, 6.07) is 8.62. The van der Waals surface area contributed by atoms with E-state index in [9.17, 15) is 14.4 Å². The molecule has 2 heterocycles. The maximum absolute atomic E-state index is 12.8. The highest BCUT2D eigenvalue weighted by atomic mass is 16.6. The maximum atomic E-state index is 12.8. The zero-order valence-corrected chi connectivity index (χ0v) is 18.7. The van der Waals surface area contributed by atoms with Crippen molar-refractivity contribution >= 4 is 23.9 Å². The van der Waals surface area contributed by atoms with Gasteiger partial charge in [-0.2, -0.15) is 5.10 Å². The molecular formula is C22H28N4O5. The second-order valence-corrected chi connectivity index (χ2v) is 8.73. The molecule has 0 atom stereocenters. The number of carbonyl (C=O) groups excluding carboxylic acids is 3. The van der Waals surface area contributed by atoms with Crippen molar-refractivity contribution in [2.24, 2.45) is 0 Å². The van der Waals surface area contributed by atoms with Crippen LogP contribution in [0.2, 0.25) is 0 Å². The molecule has 0 saturated carbocycles. The second-order valence-electron chi connectivity index (χ2n) is 8.73. The fourth-order valence-corrected chi connectivity index (χ4v) is 3.40. The van der Waals surface area contributed by atoms with Gasteiger partial charge in [0.1, 0.15) is 11.4 Å². The summed E-state index contributed by atoms with van der Waals surface area (Å²) < 4.78 is 11.7. The number of anilines is 1. The first-order valence-corrected chi connectivity index (χ1v) is 10.1. The van der Waals surface area contributed by atoms with Crippen LogP contribution in [0.4, 0.5) is 15.4 Å². The standard InChI is InChI=1S/C22H28N4O5/c1-7-30-20(29)26-17(23-18(27)14-11-9-8-10-12-14)15-13-25(19(28)31-21(2,3)4)22(5,6)16(15)24-26/h8-12H,7,13H2,1-6H3,(H,23,27). The SMILES string of the molecule is CCOC(=O)n1nc2c(c1NC(=O)c1ccccc1)CN(C(=O)OC(C)(C)C)C2(C)C. The van der Waals surface area contributed by atoms with E-state index in [2.05, 4.69) is 10.4 Å². The molecule has 1 aliphatic heterocycles. The largest absolute Gasteiger partial charge is 0.448 e. The summed E-state index contributed by atoms with van der Waals surface area (Å²) in [5.74, 6) is -0.219. The van der Waals surface area contributed by atoms with Crippen molar-refractivity contribution in [2.45, 2.75) is 59.2 Å². The van der Waals surface area contributed by atoms with E-state index in [1.807, 2.05) is 13.8 Å². The van der Waals surface area contributed by atoms with E-state index >= 15 is 0 Å². The van der Waals surface area contributed by atoms with Gasteiger partial charge in [-0.3, -0.25) is 9.69 Å². The Morgan fingerprint density at radius 2 is 1.77 bits per heavy atom. The molecule has 1 aromatic carbocycles. The predicted octanol–water partition coefficient (Wildman–Crippen LogP) is 4.13. The van der Waals surface area contributed by atoms with Crippen LogP contribution in [0.1, 0.15) is 63.2 Å².